The van der Waals surface area contributed by atoms with Crippen LogP contribution in [0.15, 0.2) is 46.0 Å². The van der Waals surface area contributed by atoms with Crippen molar-refractivity contribution in [2.24, 2.45) is 5.18 Å². The van der Waals surface area contributed by atoms with E-state index < -0.39 is 0 Å². The zero-order valence-electron chi connectivity index (χ0n) is 9.62. The summed E-state index contributed by atoms with van der Waals surface area (Å²) in [6.07, 6.45) is 0. The van der Waals surface area contributed by atoms with E-state index in [2.05, 4.69) is 15.1 Å². The lowest BCUT2D eigenvalue weighted by Gasteiger charge is -1.94. The molecular weight excluding hydrogens is 230 g/mol. The van der Waals surface area contributed by atoms with Gasteiger partial charge in [-0.25, -0.2) is 4.98 Å². The van der Waals surface area contributed by atoms with Crippen molar-refractivity contribution >= 4 is 16.9 Å². The highest BCUT2D eigenvalue weighted by Crippen LogP contribution is 2.26. The van der Waals surface area contributed by atoms with Gasteiger partial charge in [0, 0.05) is 11.3 Å². The lowest BCUT2D eigenvalue weighted by Crippen LogP contribution is -1.80. The van der Waals surface area contributed by atoms with Crippen molar-refractivity contribution in [3.05, 3.63) is 47.0 Å². The Morgan fingerprint density at radius 1 is 1.17 bits per heavy atom. The summed E-state index contributed by atoms with van der Waals surface area (Å²) < 4.78 is 5.59. The summed E-state index contributed by atoms with van der Waals surface area (Å²) in [5.41, 5.74) is 3.13. The first-order valence-corrected chi connectivity index (χ1v) is 5.44. The average molecular weight is 239 g/mol. The largest absolute Gasteiger partial charge is 0.434 e. The number of aryl methyl sites for hydroxylation is 1. The molecule has 0 atom stereocenters. The summed E-state index contributed by atoms with van der Waals surface area (Å²) >= 11 is 0. The predicted octanol–water partition coefficient (Wildman–Crippen LogP) is 3.60. The van der Waals surface area contributed by atoms with Crippen molar-refractivity contribution in [1.82, 2.24) is 9.97 Å². The zero-order valence-corrected chi connectivity index (χ0v) is 9.62. The highest BCUT2D eigenvalue weighted by molar-refractivity contribution is 5.73. The molecule has 5 nitrogen and oxygen atoms in total. The Hall–Kier alpha value is -2.56. The topological polar surface area (TPSA) is 68.3 Å². The fraction of sp³-hybridized carbons (Fsp3) is 0.0769. The Bertz CT molecular complexity index is 734. The summed E-state index contributed by atoms with van der Waals surface area (Å²) in [6, 6.07) is 10.5. The van der Waals surface area contributed by atoms with E-state index in [1.807, 2.05) is 25.1 Å². The maximum Gasteiger partial charge on any atom is 0.228 e. The molecule has 2 aromatic heterocycles. The zero-order chi connectivity index (χ0) is 12.5. The third-order valence-electron chi connectivity index (χ3n) is 2.59. The minimum absolute atomic E-state index is 0.346. The molecule has 0 saturated heterocycles. The van der Waals surface area contributed by atoms with Crippen LogP contribution in [-0.2, 0) is 0 Å². The number of oxazole rings is 1. The summed E-state index contributed by atoms with van der Waals surface area (Å²) in [4.78, 5) is 19.1. The molecule has 0 N–H and O–H groups in total. The van der Waals surface area contributed by atoms with Crippen LogP contribution >= 0.6 is 0 Å². The third kappa shape index (κ3) is 1.75. The van der Waals surface area contributed by atoms with E-state index in [1.165, 1.54) is 0 Å². The molecule has 0 aliphatic rings. The third-order valence-corrected chi connectivity index (χ3v) is 2.59. The van der Waals surface area contributed by atoms with E-state index in [0.29, 0.717) is 28.4 Å². The molecule has 18 heavy (non-hydrogen) atoms. The first kappa shape index (κ1) is 10.6. The van der Waals surface area contributed by atoms with Crippen LogP contribution in [-0.4, -0.2) is 9.97 Å². The molecule has 2 heterocycles. The van der Waals surface area contributed by atoms with Crippen LogP contribution in [0.25, 0.3) is 22.7 Å². The molecule has 0 spiro atoms. The van der Waals surface area contributed by atoms with Gasteiger partial charge in [-0.05, 0) is 42.4 Å². The second kappa shape index (κ2) is 4.03. The molecule has 0 bridgehead atoms. The molecule has 3 aromatic rings. The van der Waals surface area contributed by atoms with E-state index >= 15 is 0 Å². The second-order valence-corrected chi connectivity index (χ2v) is 3.94. The summed E-state index contributed by atoms with van der Waals surface area (Å²) in [5, 5.41) is 2.89. The molecule has 5 heteroatoms. The van der Waals surface area contributed by atoms with Gasteiger partial charge in [0.15, 0.2) is 11.2 Å². The Balaban J connectivity index is 2.15. The van der Waals surface area contributed by atoms with E-state index in [-0.39, 0.29) is 0 Å². The normalized spacial score (nSPS) is 10.7. The second-order valence-electron chi connectivity index (χ2n) is 3.94. The molecule has 0 unspecified atom stereocenters. The van der Waals surface area contributed by atoms with E-state index in [1.54, 1.807) is 18.2 Å². The minimum Gasteiger partial charge on any atom is -0.434 e. The van der Waals surface area contributed by atoms with Crippen LogP contribution < -0.4 is 0 Å². The molecule has 0 aliphatic heterocycles. The van der Waals surface area contributed by atoms with Crippen molar-refractivity contribution in [1.29, 1.82) is 0 Å². The minimum atomic E-state index is 0.346. The van der Waals surface area contributed by atoms with Gasteiger partial charge in [0.1, 0.15) is 5.69 Å². The molecule has 0 radical (unpaired) electrons. The number of hydrogen-bond acceptors (Lipinski definition) is 5. The van der Waals surface area contributed by atoms with Gasteiger partial charge in [-0.15, -0.1) is 4.91 Å². The molecule has 0 amide bonds. The summed E-state index contributed by atoms with van der Waals surface area (Å²) in [7, 11) is 0. The van der Waals surface area contributed by atoms with Crippen LogP contribution in [0.2, 0.25) is 0 Å². The Morgan fingerprint density at radius 2 is 2.06 bits per heavy atom. The van der Waals surface area contributed by atoms with Gasteiger partial charge in [-0.1, -0.05) is 6.07 Å². The van der Waals surface area contributed by atoms with Crippen molar-refractivity contribution in [2.45, 2.75) is 6.92 Å². The van der Waals surface area contributed by atoms with E-state index in [4.69, 9.17) is 4.42 Å². The van der Waals surface area contributed by atoms with Gasteiger partial charge in [0.05, 0.1) is 0 Å². The fourth-order valence-corrected chi connectivity index (χ4v) is 1.73. The molecule has 0 fully saturated rings. The highest BCUT2D eigenvalue weighted by Gasteiger charge is 2.09. The lowest BCUT2D eigenvalue weighted by atomic mass is 10.2. The van der Waals surface area contributed by atoms with Gasteiger partial charge in [-0.2, -0.15) is 4.98 Å². The number of pyridine rings is 1. The Morgan fingerprint density at radius 3 is 2.89 bits per heavy atom. The van der Waals surface area contributed by atoms with E-state index in [0.717, 1.165) is 5.69 Å². The summed E-state index contributed by atoms with van der Waals surface area (Å²) in [5.74, 6) is 0.439. The average Bonchev–Trinajstić information content (AvgIpc) is 2.81. The highest BCUT2D eigenvalue weighted by atomic mass is 16.3. The number of aromatic nitrogens is 2. The van der Waals surface area contributed by atoms with Gasteiger partial charge in [0.25, 0.3) is 0 Å². The monoisotopic (exact) mass is 239 g/mol. The standard InChI is InChI=1S/C13H9N3O2/c1-8-5-6-11-12(14-8)15-13(18-11)9-3-2-4-10(7-9)16-17/h2-7H,1H3. The SMILES string of the molecule is Cc1ccc2oc(-c3cccc(N=O)c3)nc2n1. The Labute approximate surface area is 102 Å². The van der Waals surface area contributed by atoms with Gasteiger partial charge >= 0.3 is 0 Å². The first-order chi connectivity index (χ1) is 8.76. The van der Waals surface area contributed by atoms with Gasteiger partial charge in [0.2, 0.25) is 5.89 Å². The number of rotatable bonds is 2. The molecular formula is C13H9N3O2. The number of benzene rings is 1. The van der Waals surface area contributed by atoms with Crippen LogP contribution in [0.3, 0.4) is 0 Å². The molecule has 3 rings (SSSR count). The van der Waals surface area contributed by atoms with E-state index in [9.17, 15) is 4.91 Å². The number of hydrogen-bond donors (Lipinski definition) is 0. The van der Waals surface area contributed by atoms with Gasteiger partial charge in [-0.3, -0.25) is 0 Å². The molecule has 0 saturated carbocycles. The van der Waals surface area contributed by atoms with Crippen molar-refractivity contribution in [3.8, 4) is 11.5 Å². The van der Waals surface area contributed by atoms with Crippen molar-refractivity contribution in [3.63, 3.8) is 0 Å². The number of nitrogens with zero attached hydrogens (tertiary/aromatic N) is 3. The first-order valence-electron chi connectivity index (χ1n) is 5.44. The van der Waals surface area contributed by atoms with Crippen LogP contribution in [0.5, 0.6) is 0 Å². The smallest absolute Gasteiger partial charge is 0.228 e. The van der Waals surface area contributed by atoms with Crippen LogP contribution in [0.1, 0.15) is 5.69 Å². The number of nitroso groups, excluding NO2 is 1. The predicted molar refractivity (Wildman–Crippen MR) is 67.4 cm³/mol. The van der Waals surface area contributed by atoms with Crippen LogP contribution in [0.4, 0.5) is 5.69 Å². The maximum atomic E-state index is 10.5. The van der Waals surface area contributed by atoms with Gasteiger partial charge < -0.3 is 4.42 Å². The molecule has 1 aromatic carbocycles. The van der Waals surface area contributed by atoms with Crippen molar-refractivity contribution in [2.75, 3.05) is 0 Å². The molecule has 88 valence electrons. The Kier molecular flexibility index (Phi) is 2.37. The quantitative estimate of drug-likeness (QED) is 0.641. The summed E-state index contributed by atoms with van der Waals surface area (Å²) in [6.45, 7) is 1.89. The fourth-order valence-electron chi connectivity index (χ4n) is 1.73. The van der Waals surface area contributed by atoms with Crippen LogP contribution in [0, 0.1) is 11.8 Å². The lowest BCUT2D eigenvalue weighted by molar-refractivity contribution is 0.619. The molecule has 0 aliphatic carbocycles. The number of fused-ring (bicyclic) bond motifs is 1. The maximum absolute atomic E-state index is 10.5. The van der Waals surface area contributed by atoms with Crippen molar-refractivity contribution < 1.29 is 4.42 Å².